The van der Waals surface area contributed by atoms with Crippen LogP contribution >= 0.6 is 0 Å². The molecule has 4 rings (SSSR count). The minimum absolute atomic E-state index is 0.172. The van der Waals surface area contributed by atoms with Crippen LogP contribution in [0.4, 0.5) is 0 Å². The first-order valence-corrected chi connectivity index (χ1v) is 8.25. The van der Waals surface area contributed by atoms with Crippen LogP contribution in [0, 0.1) is 5.92 Å². The van der Waals surface area contributed by atoms with Gasteiger partial charge in [0.15, 0.2) is 5.43 Å². The number of carboxylic acids is 1. The Balaban J connectivity index is 1.73. The number of carboxylic acid groups (broad SMARTS) is 1. The first-order valence-electron chi connectivity index (χ1n) is 8.25. The molecule has 2 unspecified atom stereocenters. The predicted molar refractivity (Wildman–Crippen MR) is 86.4 cm³/mol. The lowest BCUT2D eigenvalue weighted by atomic mass is 9.87. The van der Waals surface area contributed by atoms with Gasteiger partial charge in [0.1, 0.15) is 30.0 Å². The topological polar surface area (TPSA) is 80.0 Å². The van der Waals surface area contributed by atoms with Crippen molar-refractivity contribution >= 4 is 11.5 Å². The van der Waals surface area contributed by atoms with Gasteiger partial charge in [-0.1, -0.05) is 6.92 Å². The van der Waals surface area contributed by atoms with Gasteiger partial charge in [-0.2, -0.15) is 0 Å². The van der Waals surface area contributed by atoms with Crippen LogP contribution in [0.25, 0.3) is 5.57 Å². The van der Waals surface area contributed by atoms with E-state index in [-0.39, 0.29) is 11.5 Å². The molecule has 1 N–H and O–H groups in total. The summed E-state index contributed by atoms with van der Waals surface area (Å²) in [5.41, 5.74) is 1.22. The van der Waals surface area contributed by atoms with Crippen molar-refractivity contribution in [2.75, 3.05) is 13.2 Å². The summed E-state index contributed by atoms with van der Waals surface area (Å²) < 4.78 is 11.4. The number of hydrogen-bond acceptors (Lipinski definition) is 5. The normalized spacial score (nSPS) is 25.7. The van der Waals surface area contributed by atoms with Crippen molar-refractivity contribution in [2.24, 2.45) is 5.92 Å². The van der Waals surface area contributed by atoms with E-state index in [0.29, 0.717) is 18.4 Å². The standard InChI is InChI=1S/C18H19NO5/c1-10-5-14-17(23-8-11-3-2-4-19(11)14)6-12(10)16-7-15(20)13(9-24-16)18(21)22/h6-7,9-11H,2-5,8H2,1H3,(H,21,22). The van der Waals surface area contributed by atoms with E-state index in [1.165, 1.54) is 24.6 Å². The summed E-state index contributed by atoms with van der Waals surface area (Å²) in [6.07, 6.45) is 6.17. The molecule has 1 fully saturated rings. The third-order valence-electron chi connectivity index (χ3n) is 5.10. The monoisotopic (exact) mass is 329 g/mol. The smallest absolute Gasteiger partial charge is 0.342 e. The molecule has 126 valence electrons. The van der Waals surface area contributed by atoms with Gasteiger partial charge in [0.25, 0.3) is 0 Å². The summed E-state index contributed by atoms with van der Waals surface area (Å²) >= 11 is 0. The summed E-state index contributed by atoms with van der Waals surface area (Å²) in [6, 6.07) is 1.75. The maximum atomic E-state index is 11.9. The lowest BCUT2D eigenvalue weighted by Gasteiger charge is -2.38. The molecule has 1 saturated heterocycles. The van der Waals surface area contributed by atoms with E-state index >= 15 is 0 Å². The van der Waals surface area contributed by atoms with E-state index in [1.54, 1.807) is 0 Å². The van der Waals surface area contributed by atoms with Gasteiger partial charge in [0, 0.05) is 18.2 Å². The van der Waals surface area contributed by atoms with E-state index in [4.69, 9.17) is 14.3 Å². The van der Waals surface area contributed by atoms with Crippen LogP contribution in [0.15, 0.2) is 39.1 Å². The largest absolute Gasteiger partial charge is 0.490 e. The molecular formula is C18H19NO5. The highest BCUT2D eigenvalue weighted by Crippen LogP contribution is 2.41. The Kier molecular flexibility index (Phi) is 3.48. The molecule has 0 saturated carbocycles. The van der Waals surface area contributed by atoms with E-state index in [1.807, 2.05) is 6.08 Å². The van der Waals surface area contributed by atoms with Crippen LogP contribution in [-0.2, 0) is 4.74 Å². The third-order valence-corrected chi connectivity index (χ3v) is 5.10. The van der Waals surface area contributed by atoms with Gasteiger partial charge < -0.3 is 19.2 Å². The number of hydrogen-bond donors (Lipinski definition) is 1. The Morgan fingerprint density at radius 1 is 1.42 bits per heavy atom. The van der Waals surface area contributed by atoms with Crippen molar-refractivity contribution in [2.45, 2.75) is 32.2 Å². The number of nitrogens with zero attached hydrogens (tertiary/aromatic N) is 1. The zero-order valence-corrected chi connectivity index (χ0v) is 13.4. The van der Waals surface area contributed by atoms with E-state index in [2.05, 4.69) is 11.8 Å². The average molecular weight is 329 g/mol. The van der Waals surface area contributed by atoms with Gasteiger partial charge in [-0.05, 0) is 31.3 Å². The van der Waals surface area contributed by atoms with E-state index < -0.39 is 11.4 Å². The van der Waals surface area contributed by atoms with E-state index in [0.717, 1.165) is 30.6 Å². The Hall–Kier alpha value is -2.50. The Morgan fingerprint density at radius 3 is 3.00 bits per heavy atom. The first kappa shape index (κ1) is 15.1. The highest BCUT2D eigenvalue weighted by Gasteiger charge is 2.36. The molecular weight excluding hydrogens is 310 g/mol. The predicted octanol–water partition coefficient (Wildman–Crippen LogP) is 2.47. The number of carbonyl (C=O) groups is 1. The average Bonchev–Trinajstić information content (AvgIpc) is 3.03. The number of rotatable bonds is 2. The maximum Gasteiger partial charge on any atom is 0.342 e. The summed E-state index contributed by atoms with van der Waals surface area (Å²) in [6.45, 7) is 3.85. The molecule has 0 bridgehead atoms. The second-order valence-electron chi connectivity index (χ2n) is 6.64. The molecule has 1 aromatic heterocycles. The molecule has 0 aromatic carbocycles. The molecule has 3 heterocycles. The Morgan fingerprint density at radius 2 is 2.25 bits per heavy atom. The molecule has 0 amide bonds. The fourth-order valence-corrected chi connectivity index (χ4v) is 3.83. The molecule has 6 nitrogen and oxygen atoms in total. The Bertz CT molecular complexity index is 819. The van der Waals surface area contributed by atoms with Crippen molar-refractivity contribution in [3.63, 3.8) is 0 Å². The van der Waals surface area contributed by atoms with Gasteiger partial charge in [-0.15, -0.1) is 0 Å². The third kappa shape index (κ3) is 2.33. The fourth-order valence-electron chi connectivity index (χ4n) is 3.83. The minimum atomic E-state index is -1.28. The van der Waals surface area contributed by atoms with Crippen LogP contribution in [0.3, 0.4) is 0 Å². The van der Waals surface area contributed by atoms with E-state index in [9.17, 15) is 9.59 Å². The molecule has 1 aliphatic carbocycles. The zero-order chi connectivity index (χ0) is 16.8. The molecule has 2 atom stereocenters. The summed E-state index contributed by atoms with van der Waals surface area (Å²) in [5, 5.41) is 8.95. The molecule has 6 heteroatoms. The summed E-state index contributed by atoms with van der Waals surface area (Å²) in [7, 11) is 0. The van der Waals surface area contributed by atoms with Crippen LogP contribution in [-0.4, -0.2) is 35.2 Å². The van der Waals surface area contributed by atoms with Crippen molar-refractivity contribution in [3.8, 4) is 0 Å². The second kappa shape index (κ2) is 5.54. The molecule has 2 aliphatic heterocycles. The minimum Gasteiger partial charge on any atom is -0.490 e. The van der Waals surface area contributed by atoms with Crippen LogP contribution in [0.1, 0.15) is 42.3 Å². The van der Waals surface area contributed by atoms with Gasteiger partial charge in [-0.3, -0.25) is 4.79 Å². The molecule has 3 aliphatic rings. The quantitative estimate of drug-likeness (QED) is 0.898. The maximum absolute atomic E-state index is 11.9. The molecule has 1 aromatic rings. The highest BCUT2D eigenvalue weighted by atomic mass is 16.5. The zero-order valence-electron chi connectivity index (χ0n) is 13.4. The Labute approximate surface area is 139 Å². The number of ether oxygens (including phenoxy) is 1. The van der Waals surface area contributed by atoms with Crippen molar-refractivity contribution in [1.29, 1.82) is 0 Å². The van der Waals surface area contributed by atoms with Crippen LogP contribution in [0.2, 0.25) is 0 Å². The van der Waals surface area contributed by atoms with Crippen molar-refractivity contribution in [3.05, 3.63) is 51.4 Å². The molecule has 0 spiro atoms. The van der Waals surface area contributed by atoms with Gasteiger partial charge >= 0.3 is 5.97 Å². The van der Waals surface area contributed by atoms with Crippen LogP contribution in [0.5, 0.6) is 0 Å². The summed E-state index contributed by atoms with van der Waals surface area (Å²) in [5.74, 6) is 0.162. The van der Waals surface area contributed by atoms with Gasteiger partial charge in [-0.25, -0.2) is 4.79 Å². The number of aromatic carboxylic acids is 1. The highest BCUT2D eigenvalue weighted by molar-refractivity contribution is 5.87. The van der Waals surface area contributed by atoms with Crippen LogP contribution < -0.4 is 5.43 Å². The van der Waals surface area contributed by atoms with Crippen molar-refractivity contribution < 1.29 is 19.1 Å². The fraction of sp³-hybridized carbons (Fsp3) is 0.444. The lowest BCUT2D eigenvalue weighted by Crippen LogP contribution is -2.39. The molecule has 24 heavy (non-hydrogen) atoms. The van der Waals surface area contributed by atoms with Gasteiger partial charge in [0.05, 0.1) is 11.7 Å². The molecule has 0 radical (unpaired) electrons. The van der Waals surface area contributed by atoms with Gasteiger partial charge in [0.2, 0.25) is 0 Å². The SMILES string of the molecule is CC1CC2=C(C=C1c1cc(=O)c(C(=O)O)co1)OCC1CCCN21. The summed E-state index contributed by atoms with van der Waals surface area (Å²) in [4.78, 5) is 25.4. The van der Waals surface area contributed by atoms with Crippen molar-refractivity contribution in [1.82, 2.24) is 4.90 Å². The number of fused-ring (bicyclic) bond motifs is 2. The number of allylic oxidation sites excluding steroid dienone is 3. The second-order valence-corrected chi connectivity index (χ2v) is 6.64. The first-order chi connectivity index (χ1) is 11.5. The lowest BCUT2D eigenvalue weighted by molar-refractivity contribution is 0.0692.